The molecule has 3 rings (SSSR count). The molecular weight excluding hydrogens is 329 g/mol. The van der Waals surface area contributed by atoms with Crippen LogP contribution in [0.4, 0.5) is 4.39 Å². The number of pyridine rings is 1. The van der Waals surface area contributed by atoms with Gasteiger partial charge in [0.1, 0.15) is 5.82 Å². The average molecular weight is 362 g/mol. The highest BCUT2D eigenvalue weighted by Crippen LogP contribution is 2.35. The number of piperidine rings is 1. The molecule has 1 aromatic heterocycles. The molecule has 144 valence electrons. The molecule has 0 aromatic carbocycles. The van der Waals surface area contributed by atoms with Gasteiger partial charge in [-0.05, 0) is 50.9 Å². The van der Waals surface area contributed by atoms with E-state index in [0.29, 0.717) is 12.2 Å². The zero-order valence-electron chi connectivity index (χ0n) is 15.9. The molecule has 0 bridgehead atoms. The number of nitrogens with zero attached hydrogens (tertiary/aromatic N) is 3. The number of likely N-dealkylation sites (tertiary alicyclic amines) is 1. The first kappa shape index (κ1) is 19.1. The van der Waals surface area contributed by atoms with Crippen LogP contribution in [0.5, 0.6) is 0 Å². The Hall–Kier alpha value is -1.69. The van der Waals surface area contributed by atoms with Crippen LogP contribution in [-0.4, -0.2) is 48.1 Å². The molecule has 1 saturated heterocycles. The predicted octanol–water partition coefficient (Wildman–Crippen LogP) is 3.07. The Morgan fingerprint density at radius 3 is 2.58 bits per heavy atom. The molecule has 1 aromatic rings. The van der Waals surface area contributed by atoms with Crippen molar-refractivity contribution in [1.82, 2.24) is 20.5 Å². The maximum Gasteiger partial charge on any atom is 0.191 e. The monoisotopic (exact) mass is 361 g/mol. The second-order valence-corrected chi connectivity index (χ2v) is 7.54. The van der Waals surface area contributed by atoms with Crippen LogP contribution in [0.2, 0.25) is 0 Å². The van der Waals surface area contributed by atoms with Crippen molar-refractivity contribution in [3.05, 3.63) is 29.8 Å². The lowest BCUT2D eigenvalue weighted by Gasteiger charge is -2.48. The fraction of sp³-hybridized carbons (Fsp3) is 0.700. The molecular formula is C20H32FN5. The van der Waals surface area contributed by atoms with Gasteiger partial charge in [0.2, 0.25) is 0 Å². The van der Waals surface area contributed by atoms with E-state index in [9.17, 15) is 4.39 Å². The van der Waals surface area contributed by atoms with Crippen molar-refractivity contribution in [2.45, 2.75) is 63.5 Å². The molecule has 1 aliphatic heterocycles. The summed E-state index contributed by atoms with van der Waals surface area (Å²) < 4.78 is 13.8. The number of nitrogens with one attached hydrogen (secondary N) is 2. The van der Waals surface area contributed by atoms with Gasteiger partial charge in [-0.1, -0.05) is 25.7 Å². The molecule has 0 radical (unpaired) electrons. The SMILES string of the molecule is CN=C(NCc1ncccc1F)NCC1(N2CCCCC2)CCCCC1. The van der Waals surface area contributed by atoms with Crippen LogP contribution in [0.1, 0.15) is 57.1 Å². The number of aromatic nitrogens is 1. The van der Waals surface area contributed by atoms with Gasteiger partial charge in [0.15, 0.2) is 5.96 Å². The highest BCUT2D eigenvalue weighted by atomic mass is 19.1. The van der Waals surface area contributed by atoms with Gasteiger partial charge >= 0.3 is 0 Å². The Kier molecular flexibility index (Phi) is 6.83. The lowest BCUT2D eigenvalue weighted by atomic mass is 9.79. The molecule has 1 aliphatic carbocycles. The van der Waals surface area contributed by atoms with Gasteiger partial charge in [0.25, 0.3) is 0 Å². The number of hydrogen-bond donors (Lipinski definition) is 2. The fourth-order valence-corrected chi connectivity index (χ4v) is 4.37. The molecule has 6 heteroatoms. The third kappa shape index (κ3) is 4.72. The molecule has 2 aliphatic rings. The number of rotatable bonds is 5. The average Bonchev–Trinajstić information content (AvgIpc) is 2.71. The Morgan fingerprint density at radius 1 is 1.15 bits per heavy atom. The van der Waals surface area contributed by atoms with E-state index in [1.54, 1.807) is 19.3 Å². The van der Waals surface area contributed by atoms with E-state index >= 15 is 0 Å². The van der Waals surface area contributed by atoms with Gasteiger partial charge in [-0.15, -0.1) is 0 Å². The zero-order chi connectivity index (χ0) is 18.2. The van der Waals surface area contributed by atoms with Crippen LogP contribution in [0.25, 0.3) is 0 Å². The summed E-state index contributed by atoms with van der Waals surface area (Å²) in [5.74, 6) is 0.435. The first-order valence-corrected chi connectivity index (χ1v) is 10.0. The van der Waals surface area contributed by atoms with E-state index in [0.717, 1.165) is 12.5 Å². The normalized spacial score (nSPS) is 21.4. The molecule has 0 amide bonds. The summed E-state index contributed by atoms with van der Waals surface area (Å²) in [5.41, 5.74) is 0.658. The lowest BCUT2D eigenvalue weighted by molar-refractivity contribution is 0.0368. The van der Waals surface area contributed by atoms with Gasteiger partial charge in [-0.3, -0.25) is 14.9 Å². The maximum atomic E-state index is 13.8. The first-order chi connectivity index (χ1) is 12.7. The number of halogens is 1. The molecule has 2 fully saturated rings. The second-order valence-electron chi connectivity index (χ2n) is 7.54. The van der Waals surface area contributed by atoms with E-state index in [1.165, 1.54) is 70.5 Å². The number of aliphatic imine (C=N–C) groups is 1. The summed E-state index contributed by atoms with van der Waals surface area (Å²) >= 11 is 0. The molecule has 0 unspecified atom stereocenters. The summed E-state index contributed by atoms with van der Waals surface area (Å²) in [5, 5.41) is 6.72. The van der Waals surface area contributed by atoms with Crippen molar-refractivity contribution in [3.8, 4) is 0 Å². The van der Waals surface area contributed by atoms with Crippen molar-refractivity contribution < 1.29 is 4.39 Å². The summed E-state index contributed by atoms with van der Waals surface area (Å²) in [6.45, 7) is 3.67. The molecule has 2 heterocycles. The third-order valence-corrected chi connectivity index (χ3v) is 5.88. The molecule has 2 N–H and O–H groups in total. The van der Waals surface area contributed by atoms with Crippen LogP contribution in [0.3, 0.4) is 0 Å². The van der Waals surface area contributed by atoms with Gasteiger partial charge in [0, 0.05) is 25.3 Å². The quantitative estimate of drug-likeness (QED) is 0.625. The van der Waals surface area contributed by atoms with Gasteiger partial charge < -0.3 is 10.6 Å². The standard InChI is InChI=1S/C20H32FN5/c1-22-19(24-15-18-17(21)9-8-12-23-18)25-16-20(10-4-2-5-11-20)26-13-6-3-7-14-26/h8-9,12H,2-7,10-11,13-16H2,1H3,(H2,22,24,25). The lowest BCUT2D eigenvalue weighted by Crippen LogP contribution is -2.59. The molecule has 0 spiro atoms. The van der Waals surface area contributed by atoms with Crippen LogP contribution in [0, 0.1) is 5.82 Å². The van der Waals surface area contributed by atoms with Gasteiger partial charge in [-0.25, -0.2) is 4.39 Å². The van der Waals surface area contributed by atoms with E-state index in [2.05, 4.69) is 25.5 Å². The number of guanidine groups is 1. The number of hydrogen-bond acceptors (Lipinski definition) is 3. The summed E-state index contributed by atoms with van der Waals surface area (Å²) in [4.78, 5) is 11.1. The Balaban J connectivity index is 1.58. The molecule has 26 heavy (non-hydrogen) atoms. The van der Waals surface area contributed by atoms with Crippen LogP contribution < -0.4 is 10.6 Å². The minimum absolute atomic E-state index is 0.243. The zero-order valence-corrected chi connectivity index (χ0v) is 15.9. The van der Waals surface area contributed by atoms with Crippen LogP contribution in [0.15, 0.2) is 23.3 Å². The third-order valence-electron chi connectivity index (χ3n) is 5.88. The predicted molar refractivity (Wildman–Crippen MR) is 104 cm³/mol. The maximum absolute atomic E-state index is 13.8. The van der Waals surface area contributed by atoms with Gasteiger partial charge in [0.05, 0.1) is 12.2 Å². The molecule has 0 atom stereocenters. The Morgan fingerprint density at radius 2 is 1.88 bits per heavy atom. The smallest absolute Gasteiger partial charge is 0.191 e. The van der Waals surface area contributed by atoms with E-state index in [1.807, 2.05) is 0 Å². The van der Waals surface area contributed by atoms with Crippen molar-refractivity contribution in [1.29, 1.82) is 0 Å². The van der Waals surface area contributed by atoms with Crippen molar-refractivity contribution in [2.24, 2.45) is 4.99 Å². The highest BCUT2D eigenvalue weighted by molar-refractivity contribution is 5.79. The second kappa shape index (κ2) is 9.31. The molecule has 1 saturated carbocycles. The van der Waals surface area contributed by atoms with Gasteiger partial charge in [-0.2, -0.15) is 0 Å². The minimum Gasteiger partial charge on any atom is -0.355 e. The van der Waals surface area contributed by atoms with E-state index in [-0.39, 0.29) is 11.4 Å². The Labute approximate surface area is 156 Å². The topological polar surface area (TPSA) is 52.6 Å². The van der Waals surface area contributed by atoms with Crippen molar-refractivity contribution in [2.75, 3.05) is 26.7 Å². The summed E-state index contributed by atoms with van der Waals surface area (Å²) in [6, 6.07) is 3.05. The summed E-state index contributed by atoms with van der Waals surface area (Å²) in [7, 11) is 1.76. The van der Waals surface area contributed by atoms with Crippen LogP contribution >= 0.6 is 0 Å². The minimum atomic E-state index is -0.285. The Bertz CT molecular complexity index is 592. The van der Waals surface area contributed by atoms with E-state index < -0.39 is 0 Å². The molecule has 5 nitrogen and oxygen atoms in total. The highest BCUT2D eigenvalue weighted by Gasteiger charge is 2.38. The first-order valence-electron chi connectivity index (χ1n) is 10.0. The van der Waals surface area contributed by atoms with Crippen molar-refractivity contribution >= 4 is 5.96 Å². The van der Waals surface area contributed by atoms with Crippen molar-refractivity contribution in [3.63, 3.8) is 0 Å². The van der Waals surface area contributed by atoms with E-state index in [4.69, 9.17) is 0 Å². The fourth-order valence-electron chi connectivity index (χ4n) is 4.37. The van der Waals surface area contributed by atoms with Crippen LogP contribution in [-0.2, 0) is 6.54 Å². The summed E-state index contributed by atoms with van der Waals surface area (Å²) in [6.07, 6.45) is 12.1. The largest absolute Gasteiger partial charge is 0.355 e.